The molecule has 0 aliphatic carbocycles. The van der Waals surface area contributed by atoms with Crippen molar-refractivity contribution < 1.29 is 13.6 Å². The lowest BCUT2D eigenvalue weighted by molar-refractivity contribution is -0.113. The molecule has 1 amide bonds. The topological polar surface area (TPSA) is 64.0 Å². The van der Waals surface area contributed by atoms with Crippen LogP contribution in [0.3, 0.4) is 0 Å². The van der Waals surface area contributed by atoms with Crippen LogP contribution in [0.1, 0.15) is 0 Å². The fraction of sp³-hybridized carbons (Fsp3) is 0.0500. The number of rotatable bonds is 5. The van der Waals surface area contributed by atoms with Gasteiger partial charge in [-0.3, -0.25) is 14.2 Å². The maximum atomic E-state index is 14.4. The highest BCUT2D eigenvalue weighted by atomic mass is 32.2. The average Bonchev–Trinajstić information content (AvgIpc) is 3.16. The highest BCUT2D eigenvalue weighted by molar-refractivity contribution is 7.99. The van der Waals surface area contributed by atoms with Crippen molar-refractivity contribution in [3.63, 3.8) is 0 Å². The molecule has 2 aromatic heterocycles. The van der Waals surface area contributed by atoms with Crippen LogP contribution in [0.2, 0.25) is 0 Å². The molecule has 0 fully saturated rings. The molecule has 5 nitrogen and oxygen atoms in total. The maximum absolute atomic E-state index is 14.4. The molecule has 146 valence electrons. The van der Waals surface area contributed by atoms with Crippen molar-refractivity contribution >= 4 is 44.9 Å². The van der Waals surface area contributed by atoms with Crippen molar-refractivity contribution in [3.8, 4) is 5.69 Å². The Bertz CT molecular complexity index is 1270. The van der Waals surface area contributed by atoms with Crippen LogP contribution in [-0.2, 0) is 4.79 Å². The molecule has 2 aromatic carbocycles. The van der Waals surface area contributed by atoms with Crippen molar-refractivity contribution in [2.75, 3.05) is 11.1 Å². The van der Waals surface area contributed by atoms with Crippen LogP contribution in [0.25, 0.3) is 15.9 Å². The number of halogens is 2. The van der Waals surface area contributed by atoms with Crippen molar-refractivity contribution in [2.24, 2.45) is 0 Å². The molecule has 2 heterocycles. The number of carbonyl (C=O) groups excluding carboxylic acids is 1. The summed E-state index contributed by atoms with van der Waals surface area (Å²) in [5, 5.41) is 4.51. The summed E-state index contributed by atoms with van der Waals surface area (Å²) in [4.78, 5) is 29.7. The van der Waals surface area contributed by atoms with Gasteiger partial charge in [0.2, 0.25) is 5.91 Å². The van der Waals surface area contributed by atoms with Gasteiger partial charge in [0, 0.05) is 5.69 Å². The number of anilines is 1. The van der Waals surface area contributed by atoms with Crippen LogP contribution in [0, 0.1) is 11.6 Å². The summed E-state index contributed by atoms with van der Waals surface area (Å²) in [7, 11) is 0. The Labute approximate surface area is 172 Å². The van der Waals surface area contributed by atoms with Crippen LogP contribution < -0.4 is 10.9 Å². The van der Waals surface area contributed by atoms with E-state index in [0.29, 0.717) is 15.9 Å². The van der Waals surface area contributed by atoms with E-state index in [1.54, 1.807) is 23.6 Å². The number of hydrogen-bond donors (Lipinski definition) is 1. The van der Waals surface area contributed by atoms with Crippen LogP contribution in [-0.4, -0.2) is 21.2 Å². The van der Waals surface area contributed by atoms with Gasteiger partial charge < -0.3 is 5.32 Å². The van der Waals surface area contributed by atoms with E-state index in [1.165, 1.54) is 52.3 Å². The van der Waals surface area contributed by atoms with Crippen molar-refractivity contribution in [2.45, 2.75) is 5.16 Å². The number of nitrogens with zero attached hydrogens (tertiary/aromatic N) is 2. The Kier molecular flexibility index (Phi) is 5.41. The Morgan fingerprint density at radius 3 is 2.76 bits per heavy atom. The van der Waals surface area contributed by atoms with E-state index < -0.39 is 23.1 Å². The standard InChI is InChI=1S/C20H13F2N3O2S2/c21-12-4-3-5-13(10-12)23-17(26)11-29-20-24-15-8-9-28-18(15)19(27)25(20)16-7-2-1-6-14(16)22/h1-10H,11H2,(H,23,26). The van der Waals surface area contributed by atoms with E-state index in [-0.39, 0.29) is 16.6 Å². The Morgan fingerprint density at radius 1 is 1.14 bits per heavy atom. The van der Waals surface area contributed by atoms with Crippen molar-refractivity contribution in [3.05, 3.63) is 82.0 Å². The maximum Gasteiger partial charge on any atom is 0.276 e. The first-order valence-electron chi connectivity index (χ1n) is 8.46. The van der Waals surface area contributed by atoms with Crippen LogP contribution in [0.5, 0.6) is 0 Å². The molecule has 0 radical (unpaired) electrons. The van der Waals surface area contributed by atoms with Gasteiger partial charge in [0.25, 0.3) is 5.56 Å². The molecule has 0 spiro atoms. The Morgan fingerprint density at radius 2 is 1.97 bits per heavy atom. The summed E-state index contributed by atoms with van der Waals surface area (Å²) >= 11 is 2.22. The summed E-state index contributed by atoms with van der Waals surface area (Å²) in [6, 6.07) is 13.1. The van der Waals surface area contributed by atoms with Crippen molar-refractivity contribution in [1.29, 1.82) is 0 Å². The van der Waals surface area contributed by atoms with E-state index >= 15 is 0 Å². The summed E-state index contributed by atoms with van der Waals surface area (Å²) in [5.74, 6) is -1.53. The van der Waals surface area contributed by atoms with Gasteiger partial charge in [-0.25, -0.2) is 13.8 Å². The van der Waals surface area contributed by atoms with E-state index in [4.69, 9.17) is 0 Å². The molecule has 0 saturated carbocycles. The van der Waals surface area contributed by atoms with Crippen LogP contribution in [0.4, 0.5) is 14.5 Å². The van der Waals surface area contributed by atoms with E-state index in [0.717, 1.165) is 11.8 Å². The normalized spacial score (nSPS) is 11.0. The summed E-state index contributed by atoms with van der Waals surface area (Å²) < 4.78 is 29.2. The number of thioether (sulfide) groups is 1. The fourth-order valence-electron chi connectivity index (χ4n) is 2.73. The largest absolute Gasteiger partial charge is 0.325 e. The second kappa shape index (κ2) is 8.14. The lowest BCUT2D eigenvalue weighted by atomic mass is 10.3. The van der Waals surface area contributed by atoms with Crippen LogP contribution >= 0.6 is 23.1 Å². The number of thiophene rings is 1. The number of benzene rings is 2. The molecule has 0 aliphatic heterocycles. The van der Waals surface area contributed by atoms with Gasteiger partial charge in [-0.1, -0.05) is 30.0 Å². The lowest BCUT2D eigenvalue weighted by Crippen LogP contribution is -2.23. The van der Waals surface area contributed by atoms with Crippen molar-refractivity contribution in [1.82, 2.24) is 9.55 Å². The third-order valence-electron chi connectivity index (χ3n) is 3.98. The molecule has 4 rings (SSSR count). The van der Waals surface area contributed by atoms with Gasteiger partial charge in [0.05, 0.1) is 17.0 Å². The summed E-state index contributed by atoms with van der Waals surface area (Å²) in [6.07, 6.45) is 0. The quantitative estimate of drug-likeness (QED) is 0.376. The first kappa shape index (κ1) is 19.3. The highest BCUT2D eigenvalue weighted by Gasteiger charge is 2.17. The number of fused-ring (bicyclic) bond motifs is 1. The minimum absolute atomic E-state index is 0.0633. The second-order valence-corrected chi connectivity index (χ2v) is 7.83. The molecular formula is C20H13F2N3O2S2. The molecule has 0 unspecified atom stereocenters. The Balaban J connectivity index is 1.66. The highest BCUT2D eigenvalue weighted by Crippen LogP contribution is 2.25. The van der Waals surface area contributed by atoms with E-state index in [2.05, 4.69) is 10.3 Å². The number of nitrogens with one attached hydrogen (secondary N) is 1. The number of para-hydroxylation sites is 1. The number of hydrogen-bond acceptors (Lipinski definition) is 5. The van der Waals surface area contributed by atoms with Gasteiger partial charge in [-0.2, -0.15) is 0 Å². The van der Waals surface area contributed by atoms with Gasteiger partial charge in [-0.05, 0) is 41.8 Å². The van der Waals surface area contributed by atoms with Gasteiger partial charge in [-0.15, -0.1) is 11.3 Å². The smallest absolute Gasteiger partial charge is 0.276 e. The predicted molar refractivity (Wildman–Crippen MR) is 111 cm³/mol. The minimum atomic E-state index is -0.571. The zero-order valence-corrected chi connectivity index (χ0v) is 16.4. The zero-order valence-electron chi connectivity index (χ0n) is 14.8. The molecule has 9 heteroatoms. The zero-order chi connectivity index (χ0) is 20.4. The number of carbonyl (C=O) groups is 1. The average molecular weight is 429 g/mol. The second-order valence-electron chi connectivity index (χ2n) is 5.97. The first-order chi connectivity index (χ1) is 14.0. The molecule has 1 N–H and O–H groups in total. The first-order valence-corrected chi connectivity index (χ1v) is 10.3. The monoisotopic (exact) mass is 429 g/mol. The molecule has 0 aliphatic rings. The van der Waals surface area contributed by atoms with Gasteiger partial charge in [0.1, 0.15) is 16.3 Å². The van der Waals surface area contributed by atoms with Crippen LogP contribution in [0.15, 0.2) is 69.9 Å². The number of amides is 1. The fourth-order valence-corrected chi connectivity index (χ4v) is 4.29. The minimum Gasteiger partial charge on any atom is -0.325 e. The van der Waals surface area contributed by atoms with E-state index in [1.807, 2.05) is 0 Å². The third kappa shape index (κ3) is 4.06. The molecule has 29 heavy (non-hydrogen) atoms. The van der Waals surface area contributed by atoms with Gasteiger partial charge >= 0.3 is 0 Å². The number of aromatic nitrogens is 2. The molecule has 0 atom stereocenters. The summed E-state index contributed by atoms with van der Waals surface area (Å²) in [5.41, 5.74) is 0.473. The van der Waals surface area contributed by atoms with Gasteiger partial charge in [0.15, 0.2) is 5.16 Å². The predicted octanol–water partition coefficient (Wildman–Crippen LogP) is 4.46. The summed E-state index contributed by atoms with van der Waals surface area (Å²) in [6.45, 7) is 0. The molecular weight excluding hydrogens is 416 g/mol. The molecule has 0 saturated heterocycles. The van der Waals surface area contributed by atoms with E-state index in [9.17, 15) is 18.4 Å². The molecule has 0 bridgehead atoms. The SMILES string of the molecule is O=C(CSc1nc2ccsc2c(=O)n1-c1ccccc1F)Nc1cccc(F)c1. The lowest BCUT2D eigenvalue weighted by Gasteiger charge is -2.12. The molecule has 4 aromatic rings. The Hall–Kier alpha value is -3.04. The third-order valence-corrected chi connectivity index (χ3v) is 5.81.